The van der Waals surface area contributed by atoms with Crippen LogP contribution in [0.4, 0.5) is 4.39 Å². The molecule has 0 amide bonds. The van der Waals surface area contributed by atoms with E-state index in [-0.39, 0.29) is 24.7 Å². The van der Waals surface area contributed by atoms with Crippen molar-refractivity contribution in [3.63, 3.8) is 0 Å². The van der Waals surface area contributed by atoms with Gasteiger partial charge in [0.25, 0.3) is 0 Å². The zero-order valence-electron chi connectivity index (χ0n) is 34.4. The van der Waals surface area contributed by atoms with Crippen molar-refractivity contribution >= 4 is 39.1 Å². The van der Waals surface area contributed by atoms with Crippen LogP contribution in [0.1, 0.15) is 16.8 Å². The molecule has 7 aromatic rings. The fourth-order valence-electron chi connectivity index (χ4n) is 7.37. The molecule has 8 rings (SSSR count). The minimum atomic E-state index is -1.38. The molecule has 0 unspecified atom stereocenters. The van der Waals surface area contributed by atoms with Crippen molar-refractivity contribution < 1.29 is 33.2 Å². The van der Waals surface area contributed by atoms with Crippen LogP contribution in [0.25, 0.3) is 43.2 Å². The molecule has 15 heteroatoms. The third-order valence-corrected chi connectivity index (χ3v) is 12.4. The molecular weight excluding hydrogens is 831 g/mol. The van der Waals surface area contributed by atoms with Gasteiger partial charge < -0.3 is 29.0 Å². The maximum atomic E-state index is 14.2. The number of piperazine rings is 1. The van der Waals surface area contributed by atoms with Gasteiger partial charge >= 0.3 is 5.97 Å². The lowest BCUT2D eigenvalue weighted by atomic mass is 9.96. The molecule has 1 N–H and O–H groups in total. The van der Waals surface area contributed by atoms with Gasteiger partial charge in [0.2, 0.25) is 12.0 Å². The molecule has 4 heterocycles. The first kappa shape index (κ1) is 42.5. The second kappa shape index (κ2) is 19.2. The number of para-hydroxylation sites is 2. The quantitative estimate of drug-likeness (QED) is 0.0995. The first-order chi connectivity index (χ1) is 30.2. The van der Waals surface area contributed by atoms with Crippen molar-refractivity contribution in [3.05, 3.63) is 131 Å². The number of benzene rings is 4. The number of carboxylic acids is 1. The summed E-state index contributed by atoms with van der Waals surface area (Å²) in [6.45, 7) is 7.26. The molecule has 1 fully saturated rings. The predicted octanol–water partition coefficient (Wildman–Crippen LogP) is 8.87. The second-order valence-electron chi connectivity index (χ2n) is 14.8. The van der Waals surface area contributed by atoms with E-state index in [1.54, 1.807) is 43.6 Å². The molecule has 0 bridgehead atoms. The van der Waals surface area contributed by atoms with Gasteiger partial charge in [0.05, 0.1) is 28.8 Å². The molecule has 1 saturated heterocycles. The van der Waals surface area contributed by atoms with Crippen LogP contribution in [-0.4, -0.2) is 100 Å². The van der Waals surface area contributed by atoms with E-state index in [4.69, 9.17) is 35.5 Å². The molecule has 1 atom stereocenters. The van der Waals surface area contributed by atoms with Crippen LogP contribution in [0.3, 0.4) is 0 Å². The second-order valence-corrected chi connectivity index (χ2v) is 16.2. The Balaban J connectivity index is 1.08. The Bertz CT molecular complexity index is 2690. The number of likely N-dealkylation sites (N-methyl/N-ethyl adjacent to an activating group) is 1. The smallest absolute Gasteiger partial charge is 0.345 e. The minimum Gasteiger partial charge on any atom is -0.496 e. The van der Waals surface area contributed by atoms with E-state index in [1.807, 2.05) is 55.5 Å². The summed E-state index contributed by atoms with van der Waals surface area (Å²) in [6, 6.07) is 26.4. The van der Waals surface area contributed by atoms with E-state index in [2.05, 4.69) is 31.8 Å². The number of ether oxygens (including phenoxy) is 4. The van der Waals surface area contributed by atoms with Gasteiger partial charge in [-0.3, -0.25) is 4.90 Å². The van der Waals surface area contributed by atoms with Crippen molar-refractivity contribution in [3.8, 4) is 56.1 Å². The first-order valence-electron chi connectivity index (χ1n) is 20.1. The monoisotopic (exact) mass is 874 g/mol. The first-order valence-corrected chi connectivity index (χ1v) is 21.3. The van der Waals surface area contributed by atoms with Crippen LogP contribution in [0.15, 0.2) is 104 Å². The summed E-state index contributed by atoms with van der Waals surface area (Å²) >= 11 is 8.42. The largest absolute Gasteiger partial charge is 0.496 e. The molecule has 0 radical (unpaired) electrons. The third-order valence-electron chi connectivity index (χ3n) is 10.8. The zero-order chi connectivity index (χ0) is 43.2. The number of carbonyl (C=O) groups is 1. The number of rotatable bonds is 16. The SMILES string of the molecule is COc1ccccc1-c1nccc(COc2ccccc2C[C@H](Oc2ncnc3sc(-c4ccc(F)cc4)c(-c4ccc(OCCN5CCN(C)CC5)c(Cl)c4C)c23)C(=O)O)n1. The molecule has 12 nitrogen and oxygen atoms in total. The fraction of sp³-hybridized carbons (Fsp3) is 0.255. The molecule has 318 valence electrons. The highest BCUT2D eigenvalue weighted by atomic mass is 35.5. The van der Waals surface area contributed by atoms with Gasteiger partial charge in [-0.2, -0.15) is 0 Å². The Morgan fingerprint density at radius 1 is 0.887 bits per heavy atom. The van der Waals surface area contributed by atoms with Crippen LogP contribution < -0.4 is 18.9 Å². The predicted molar refractivity (Wildman–Crippen MR) is 238 cm³/mol. The molecule has 3 aromatic heterocycles. The topological polar surface area (TPSA) is 132 Å². The van der Waals surface area contributed by atoms with E-state index in [9.17, 15) is 14.3 Å². The van der Waals surface area contributed by atoms with E-state index in [0.29, 0.717) is 61.7 Å². The molecule has 0 spiro atoms. The van der Waals surface area contributed by atoms with Gasteiger partial charge in [0.1, 0.15) is 47.4 Å². The number of thiophene rings is 1. The van der Waals surface area contributed by atoms with Gasteiger partial charge in [-0.05, 0) is 78.7 Å². The van der Waals surface area contributed by atoms with Crippen molar-refractivity contribution in [2.45, 2.75) is 26.1 Å². The molecule has 62 heavy (non-hydrogen) atoms. The standard InChI is InChI=1S/C47H44ClFN6O6S/c1-29-34(16-17-38(42(29)48)59-25-24-55-22-20-54(2)21-23-55)40-41-45(51-28-52-46(41)62-43(40)30-12-14-32(49)15-13-30)61-39(47(56)57)26-31-8-4-6-10-36(31)60-27-33-18-19-50-44(53-33)35-9-5-7-11-37(35)58-3/h4-19,28,39H,20-27H2,1-3H3,(H,56,57)/t39-/m0/s1. The number of carboxylic acid groups (broad SMARTS) is 1. The average molecular weight is 875 g/mol. The number of methoxy groups -OCH3 is 1. The fourth-order valence-corrected chi connectivity index (χ4v) is 8.74. The van der Waals surface area contributed by atoms with Crippen LogP contribution in [0.5, 0.6) is 23.1 Å². The Morgan fingerprint density at radius 3 is 2.42 bits per heavy atom. The number of hydrogen-bond donors (Lipinski definition) is 1. The summed E-state index contributed by atoms with van der Waals surface area (Å²) in [6.07, 6.45) is 1.57. The summed E-state index contributed by atoms with van der Waals surface area (Å²) in [4.78, 5) is 37.2. The number of fused-ring (bicyclic) bond motifs is 1. The van der Waals surface area contributed by atoms with Gasteiger partial charge in [0.15, 0.2) is 5.82 Å². The van der Waals surface area contributed by atoms with E-state index in [1.165, 1.54) is 29.8 Å². The van der Waals surface area contributed by atoms with Gasteiger partial charge in [-0.25, -0.2) is 29.1 Å². The minimum absolute atomic E-state index is 0.0530. The highest BCUT2D eigenvalue weighted by Crippen LogP contribution is 2.49. The highest BCUT2D eigenvalue weighted by Gasteiger charge is 2.28. The van der Waals surface area contributed by atoms with Crippen LogP contribution in [0, 0.1) is 12.7 Å². The zero-order valence-corrected chi connectivity index (χ0v) is 36.0. The molecule has 0 saturated carbocycles. The number of aliphatic carboxylic acids is 1. The molecule has 4 aromatic carbocycles. The number of hydrogen-bond acceptors (Lipinski definition) is 12. The van der Waals surface area contributed by atoms with E-state index in [0.717, 1.165) is 59.9 Å². The summed E-state index contributed by atoms with van der Waals surface area (Å²) in [7, 11) is 3.72. The Hall–Kier alpha value is -6.19. The number of nitrogens with zero attached hydrogens (tertiary/aromatic N) is 6. The lowest BCUT2D eigenvalue weighted by Crippen LogP contribution is -2.45. The van der Waals surface area contributed by atoms with Crippen molar-refractivity contribution in [1.29, 1.82) is 0 Å². The molecule has 1 aliphatic heterocycles. The lowest BCUT2D eigenvalue weighted by Gasteiger charge is -2.32. The van der Waals surface area contributed by atoms with Gasteiger partial charge in [-0.15, -0.1) is 11.3 Å². The van der Waals surface area contributed by atoms with Crippen LogP contribution in [0.2, 0.25) is 5.02 Å². The Kier molecular flexibility index (Phi) is 13.2. The van der Waals surface area contributed by atoms with Crippen molar-refractivity contribution in [2.75, 3.05) is 53.5 Å². The van der Waals surface area contributed by atoms with Crippen molar-refractivity contribution in [2.24, 2.45) is 0 Å². The van der Waals surface area contributed by atoms with Gasteiger partial charge in [-0.1, -0.05) is 60.1 Å². The summed E-state index contributed by atoms with van der Waals surface area (Å²) in [5.41, 5.74) is 4.86. The number of halogens is 2. The Labute approximate surface area is 367 Å². The van der Waals surface area contributed by atoms with Crippen LogP contribution in [-0.2, 0) is 17.8 Å². The molecule has 1 aliphatic rings. The van der Waals surface area contributed by atoms with E-state index < -0.39 is 12.1 Å². The van der Waals surface area contributed by atoms with E-state index >= 15 is 0 Å². The van der Waals surface area contributed by atoms with Crippen molar-refractivity contribution in [1.82, 2.24) is 29.7 Å². The Morgan fingerprint density at radius 2 is 1.65 bits per heavy atom. The van der Waals surface area contributed by atoms with Gasteiger partial charge in [0, 0.05) is 55.8 Å². The summed E-state index contributed by atoms with van der Waals surface area (Å²) in [5, 5.41) is 11.6. The summed E-state index contributed by atoms with van der Waals surface area (Å²) in [5.74, 6) is 0.665. The van der Waals surface area contributed by atoms with Crippen LogP contribution >= 0.6 is 22.9 Å². The summed E-state index contributed by atoms with van der Waals surface area (Å²) < 4.78 is 38.6. The lowest BCUT2D eigenvalue weighted by molar-refractivity contribution is -0.145. The third kappa shape index (κ3) is 9.48. The molecule has 0 aliphatic carbocycles. The maximum absolute atomic E-state index is 14.2. The highest BCUT2D eigenvalue weighted by molar-refractivity contribution is 7.22. The normalized spacial score (nSPS) is 13.8. The maximum Gasteiger partial charge on any atom is 0.345 e. The average Bonchev–Trinajstić information content (AvgIpc) is 3.68. The number of aromatic nitrogens is 4. The molecular formula is C47H44ClFN6O6S.